The molecule has 5 heteroatoms. The van der Waals surface area contributed by atoms with Crippen LogP contribution in [-0.4, -0.2) is 42.0 Å². The average molecular weight is 278 g/mol. The molecule has 0 aliphatic heterocycles. The summed E-state index contributed by atoms with van der Waals surface area (Å²) in [5.41, 5.74) is 2.28. The molecule has 1 amide bonds. The Kier molecular flexibility index (Phi) is 3.88. The number of amides is 1. The SMILES string of the molecule is COC(=O)c1c(C)[nH]c(C(=O)N(C)[C@H](C)C2CC2)c1C. The fourth-order valence-electron chi connectivity index (χ4n) is 2.63. The van der Waals surface area contributed by atoms with Gasteiger partial charge in [0, 0.05) is 18.8 Å². The van der Waals surface area contributed by atoms with E-state index in [0.717, 1.165) is 0 Å². The number of carbonyl (C=O) groups is 2. The van der Waals surface area contributed by atoms with E-state index in [1.807, 2.05) is 7.05 Å². The van der Waals surface area contributed by atoms with Crippen molar-refractivity contribution < 1.29 is 14.3 Å². The molecule has 20 heavy (non-hydrogen) atoms. The predicted octanol–water partition coefficient (Wildman–Crippen LogP) is 2.29. The molecule has 0 spiro atoms. The Morgan fingerprint density at radius 3 is 2.45 bits per heavy atom. The summed E-state index contributed by atoms with van der Waals surface area (Å²) in [6.45, 7) is 5.63. The molecule has 1 aliphatic carbocycles. The van der Waals surface area contributed by atoms with Gasteiger partial charge in [-0.2, -0.15) is 0 Å². The third-order valence-electron chi connectivity index (χ3n) is 4.28. The third-order valence-corrected chi connectivity index (χ3v) is 4.28. The summed E-state index contributed by atoms with van der Waals surface area (Å²) in [6, 6.07) is 0.229. The molecule has 1 N–H and O–H groups in total. The summed E-state index contributed by atoms with van der Waals surface area (Å²) in [7, 11) is 3.16. The number of ether oxygens (including phenoxy) is 1. The molecule has 110 valence electrons. The molecule has 1 heterocycles. The molecule has 1 aromatic rings. The Morgan fingerprint density at radius 2 is 1.95 bits per heavy atom. The van der Waals surface area contributed by atoms with Crippen molar-refractivity contribution in [2.45, 2.75) is 39.7 Å². The van der Waals surface area contributed by atoms with E-state index in [0.29, 0.717) is 28.4 Å². The monoisotopic (exact) mass is 278 g/mol. The van der Waals surface area contributed by atoms with Crippen molar-refractivity contribution in [3.8, 4) is 0 Å². The molecule has 1 fully saturated rings. The number of nitrogens with one attached hydrogen (secondary N) is 1. The number of hydrogen-bond acceptors (Lipinski definition) is 3. The van der Waals surface area contributed by atoms with Crippen molar-refractivity contribution in [2.24, 2.45) is 5.92 Å². The summed E-state index contributed by atoms with van der Waals surface area (Å²) in [5.74, 6) is 0.133. The highest BCUT2D eigenvalue weighted by molar-refractivity contribution is 6.00. The molecule has 0 saturated heterocycles. The fraction of sp³-hybridized carbons (Fsp3) is 0.600. The van der Waals surface area contributed by atoms with Gasteiger partial charge < -0.3 is 14.6 Å². The van der Waals surface area contributed by atoms with E-state index in [4.69, 9.17) is 4.74 Å². The fourth-order valence-corrected chi connectivity index (χ4v) is 2.63. The Balaban J connectivity index is 2.28. The maximum absolute atomic E-state index is 12.6. The Morgan fingerprint density at radius 1 is 1.35 bits per heavy atom. The number of hydrogen-bond donors (Lipinski definition) is 1. The molecule has 1 aromatic heterocycles. The molecule has 1 atom stereocenters. The molecule has 5 nitrogen and oxygen atoms in total. The normalized spacial score (nSPS) is 15.8. The van der Waals surface area contributed by atoms with E-state index >= 15 is 0 Å². The standard InChI is InChI=1S/C15H22N2O3/c1-8-12(15(19)20-5)9(2)16-13(8)14(18)17(4)10(3)11-6-7-11/h10-11,16H,6-7H2,1-5H3/t10-/m1/s1. The predicted molar refractivity (Wildman–Crippen MR) is 75.9 cm³/mol. The molecule has 2 rings (SSSR count). The number of esters is 1. The lowest BCUT2D eigenvalue weighted by Gasteiger charge is -2.24. The van der Waals surface area contributed by atoms with Crippen LogP contribution in [-0.2, 0) is 4.74 Å². The minimum atomic E-state index is -0.409. The van der Waals surface area contributed by atoms with Crippen LogP contribution in [0, 0.1) is 19.8 Å². The zero-order valence-electron chi connectivity index (χ0n) is 12.7. The van der Waals surface area contributed by atoms with Gasteiger partial charge in [-0.05, 0) is 45.1 Å². The highest BCUT2D eigenvalue weighted by atomic mass is 16.5. The first kappa shape index (κ1) is 14.6. The first-order chi connectivity index (χ1) is 9.38. The number of H-pyrrole nitrogens is 1. The van der Waals surface area contributed by atoms with Gasteiger partial charge >= 0.3 is 5.97 Å². The van der Waals surface area contributed by atoms with E-state index in [2.05, 4.69) is 11.9 Å². The first-order valence-electron chi connectivity index (χ1n) is 6.93. The summed E-state index contributed by atoms with van der Waals surface area (Å²) >= 11 is 0. The van der Waals surface area contributed by atoms with E-state index < -0.39 is 5.97 Å². The topological polar surface area (TPSA) is 62.4 Å². The van der Waals surface area contributed by atoms with Crippen LogP contribution >= 0.6 is 0 Å². The van der Waals surface area contributed by atoms with E-state index in [-0.39, 0.29) is 11.9 Å². The smallest absolute Gasteiger partial charge is 0.339 e. The zero-order valence-corrected chi connectivity index (χ0v) is 12.7. The van der Waals surface area contributed by atoms with Crippen molar-refractivity contribution in [2.75, 3.05) is 14.2 Å². The quantitative estimate of drug-likeness (QED) is 0.859. The first-order valence-corrected chi connectivity index (χ1v) is 6.93. The van der Waals surface area contributed by atoms with Crippen LogP contribution in [0.5, 0.6) is 0 Å². The highest BCUT2D eigenvalue weighted by Crippen LogP contribution is 2.35. The Hall–Kier alpha value is -1.78. The molecular weight excluding hydrogens is 256 g/mol. The van der Waals surface area contributed by atoms with Gasteiger partial charge in [0.25, 0.3) is 5.91 Å². The molecule has 0 aromatic carbocycles. The zero-order chi connectivity index (χ0) is 15.0. The van der Waals surface area contributed by atoms with Gasteiger partial charge in [0.15, 0.2) is 0 Å². The number of nitrogens with zero attached hydrogens (tertiary/aromatic N) is 1. The van der Waals surface area contributed by atoms with Crippen LogP contribution in [0.25, 0.3) is 0 Å². The second-order valence-corrected chi connectivity index (χ2v) is 5.61. The molecule has 1 aliphatic rings. The van der Waals surface area contributed by atoms with Gasteiger partial charge in [-0.3, -0.25) is 4.79 Å². The van der Waals surface area contributed by atoms with Crippen molar-refractivity contribution in [1.82, 2.24) is 9.88 Å². The van der Waals surface area contributed by atoms with Crippen molar-refractivity contribution in [3.63, 3.8) is 0 Å². The van der Waals surface area contributed by atoms with Crippen LogP contribution in [0.2, 0.25) is 0 Å². The minimum absolute atomic E-state index is 0.0693. The Labute approximate surface area is 119 Å². The summed E-state index contributed by atoms with van der Waals surface area (Å²) < 4.78 is 4.76. The van der Waals surface area contributed by atoms with Crippen LogP contribution in [0.1, 0.15) is 51.9 Å². The van der Waals surface area contributed by atoms with Gasteiger partial charge in [-0.1, -0.05) is 0 Å². The number of aryl methyl sites for hydroxylation is 1. The van der Waals surface area contributed by atoms with Crippen LogP contribution in [0.3, 0.4) is 0 Å². The molecule has 0 radical (unpaired) electrons. The summed E-state index contributed by atoms with van der Waals surface area (Å²) in [6.07, 6.45) is 2.38. The molecule has 0 bridgehead atoms. The average Bonchev–Trinajstić information content (AvgIpc) is 3.22. The lowest BCUT2D eigenvalue weighted by molar-refractivity contribution is 0.0599. The number of carbonyl (C=O) groups excluding carboxylic acids is 2. The summed E-state index contributed by atoms with van der Waals surface area (Å²) in [5, 5.41) is 0. The van der Waals surface area contributed by atoms with Gasteiger partial charge in [-0.15, -0.1) is 0 Å². The van der Waals surface area contributed by atoms with E-state index in [1.54, 1.807) is 18.7 Å². The van der Waals surface area contributed by atoms with Gasteiger partial charge in [0.05, 0.1) is 12.7 Å². The van der Waals surface area contributed by atoms with Gasteiger partial charge in [0.2, 0.25) is 0 Å². The lowest BCUT2D eigenvalue weighted by atomic mass is 10.1. The summed E-state index contributed by atoms with van der Waals surface area (Å²) in [4.78, 5) is 29.1. The Bertz CT molecular complexity index is 544. The largest absolute Gasteiger partial charge is 0.465 e. The van der Waals surface area contributed by atoms with E-state index in [1.165, 1.54) is 20.0 Å². The lowest BCUT2D eigenvalue weighted by Crippen LogP contribution is -2.37. The second kappa shape index (κ2) is 5.31. The number of aromatic nitrogens is 1. The minimum Gasteiger partial charge on any atom is -0.465 e. The molecule has 1 saturated carbocycles. The second-order valence-electron chi connectivity index (χ2n) is 5.61. The van der Waals surface area contributed by atoms with Crippen LogP contribution in [0.4, 0.5) is 0 Å². The third kappa shape index (κ3) is 2.44. The van der Waals surface area contributed by atoms with E-state index in [9.17, 15) is 9.59 Å². The molecular formula is C15H22N2O3. The van der Waals surface area contributed by atoms with Gasteiger partial charge in [-0.25, -0.2) is 4.79 Å². The van der Waals surface area contributed by atoms with Crippen LogP contribution in [0.15, 0.2) is 0 Å². The molecule has 0 unspecified atom stereocenters. The van der Waals surface area contributed by atoms with Gasteiger partial charge in [0.1, 0.15) is 5.69 Å². The van der Waals surface area contributed by atoms with Crippen LogP contribution < -0.4 is 0 Å². The maximum atomic E-state index is 12.6. The van der Waals surface area contributed by atoms with Crippen molar-refractivity contribution in [1.29, 1.82) is 0 Å². The number of rotatable bonds is 4. The van der Waals surface area contributed by atoms with Crippen molar-refractivity contribution in [3.05, 3.63) is 22.5 Å². The number of aromatic amines is 1. The van der Waals surface area contributed by atoms with Crippen molar-refractivity contribution >= 4 is 11.9 Å². The maximum Gasteiger partial charge on any atom is 0.339 e. The number of methoxy groups -OCH3 is 1. The highest BCUT2D eigenvalue weighted by Gasteiger charge is 2.34.